The molecule has 0 aromatic carbocycles. The van der Waals surface area contributed by atoms with Gasteiger partial charge in [0.2, 0.25) is 0 Å². The summed E-state index contributed by atoms with van der Waals surface area (Å²) >= 11 is 0. The Balaban J connectivity index is 2.09. The monoisotopic (exact) mass is 529 g/mol. The summed E-state index contributed by atoms with van der Waals surface area (Å²) in [5.74, 6) is -0.925. The number of ketones is 1. The van der Waals surface area contributed by atoms with E-state index in [9.17, 15) is 9.59 Å². The number of carbonyl (C=O) groups is 2. The summed E-state index contributed by atoms with van der Waals surface area (Å²) in [6, 6.07) is 3.37. The average molecular weight is 530 g/mol. The third-order valence-corrected chi connectivity index (χ3v) is 6.73. The number of hydrogen-bond acceptors (Lipinski definition) is 7. The number of esters is 1. The van der Waals surface area contributed by atoms with Crippen LogP contribution in [0.5, 0.6) is 0 Å². The molecule has 1 aliphatic heterocycles. The Morgan fingerprint density at radius 2 is 1.87 bits per heavy atom. The normalized spacial score (nSPS) is 20.5. The Hall–Kier alpha value is -2.81. The second kappa shape index (κ2) is 10.8. The first-order valence-corrected chi connectivity index (χ1v) is 13.5. The first-order chi connectivity index (χ1) is 17.4. The van der Waals surface area contributed by atoms with Gasteiger partial charge >= 0.3 is 5.97 Å². The minimum absolute atomic E-state index is 0.0309. The smallest absolute Gasteiger partial charge is 0.313 e. The number of nitrogens with one attached hydrogen (secondary N) is 2. The number of ether oxygens (including phenoxy) is 1. The minimum Gasteiger partial charge on any atom is -0.460 e. The lowest BCUT2D eigenvalue weighted by Gasteiger charge is -2.40. The van der Waals surface area contributed by atoms with E-state index in [2.05, 4.69) is 41.5 Å². The van der Waals surface area contributed by atoms with Crippen LogP contribution >= 0.6 is 0 Å². The number of Topliss-reactive ketones (excluding diaryl/α,β-unsaturated/α-hetero) is 1. The molecule has 3 heterocycles. The van der Waals surface area contributed by atoms with Crippen LogP contribution in [0.4, 0.5) is 16.0 Å². The molecule has 9 heteroatoms. The molecule has 210 valence electrons. The second-order valence-electron chi connectivity index (χ2n) is 13.0. The van der Waals surface area contributed by atoms with Gasteiger partial charge in [0.15, 0.2) is 17.4 Å². The summed E-state index contributed by atoms with van der Waals surface area (Å²) < 4.78 is 23.7. The van der Waals surface area contributed by atoms with Crippen molar-refractivity contribution in [2.45, 2.75) is 106 Å². The van der Waals surface area contributed by atoms with Gasteiger partial charge in [-0.2, -0.15) is 5.10 Å². The lowest BCUT2D eigenvalue weighted by atomic mass is 9.72. The van der Waals surface area contributed by atoms with Gasteiger partial charge < -0.3 is 15.4 Å². The highest BCUT2D eigenvalue weighted by molar-refractivity contribution is 5.98. The molecular formula is C29H44FN5O3. The van der Waals surface area contributed by atoms with Gasteiger partial charge in [-0.25, -0.2) is 9.37 Å². The van der Waals surface area contributed by atoms with E-state index >= 15 is 4.39 Å². The number of carbonyl (C=O) groups excluding carboxylic acids is 2. The van der Waals surface area contributed by atoms with Crippen molar-refractivity contribution in [3.05, 3.63) is 34.9 Å². The average Bonchev–Trinajstić information content (AvgIpc) is 3.14. The molecule has 2 aromatic heterocycles. The van der Waals surface area contributed by atoms with E-state index in [1.165, 1.54) is 6.07 Å². The van der Waals surface area contributed by atoms with E-state index in [4.69, 9.17) is 4.74 Å². The summed E-state index contributed by atoms with van der Waals surface area (Å²) in [5, 5.41) is 11.2. The highest BCUT2D eigenvalue weighted by Crippen LogP contribution is 2.39. The number of hydrogen-bond donors (Lipinski definition) is 2. The summed E-state index contributed by atoms with van der Waals surface area (Å²) in [6.07, 6.45) is 0.986. The number of nitrogens with zero attached hydrogens (tertiary/aromatic N) is 3. The molecule has 1 aliphatic rings. The van der Waals surface area contributed by atoms with Crippen LogP contribution in [-0.4, -0.2) is 44.7 Å². The highest BCUT2D eigenvalue weighted by Gasteiger charge is 2.45. The zero-order valence-corrected chi connectivity index (χ0v) is 24.6. The maximum Gasteiger partial charge on any atom is 0.313 e. The van der Waals surface area contributed by atoms with Gasteiger partial charge in [0.25, 0.3) is 0 Å². The van der Waals surface area contributed by atoms with Crippen molar-refractivity contribution in [3.63, 3.8) is 0 Å². The van der Waals surface area contributed by atoms with E-state index in [0.29, 0.717) is 31.0 Å². The van der Waals surface area contributed by atoms with Crippen LogP contribution in [0.25, 0.3) is 0 Å². The number of aryl methyl sites for hydroxylation is 1. The molecule has 0 spiro atoms. The quantitative estimate of drug-likeness (QED) is 0.350. The Kier molecular flexibility index (Phi) is 8.41. The Bertz CT molecular complexity index is 1190. The molecule has 2 N–H and O–H groups in total. The second-order valence-corrected chi connectivity index (χ2v) is 13.0. The number of aromatic nitrogens is 3. The fourth-order valence-electron chi connectivity index (χ4n) is 5.04. The van der Waals surface area contributed by atoms with Crippen molar-refractivity contribution >= 4 is 23.4 Å². The maximum absolute atomic E-state index is 16.0. The third-order valence-electron chi connectivity index (χ3n) is 6.73. The third kappa shape index (κ3) is 6.79. The van der Waals surface area contributed by atoms with Gasteiger partial charge in [0, 0.05) is 30.1 Å². The minimum atomic E-state index is -0.965. The molecule has 0 radical (unpaired) electrons. The van der Waals surface area contributed by atoms with E-state index in [-0.39, 0.29) is 41.0 Å². The van der Waals surface area contributed by atoms with Crippen molar-refractivity contribution in [1.29, 1.82) is 0 Å². The lowest BCUT2D eigenvalue weighted by Crippen LogP contribution is -2.50. The van der Waals surface area contributed by atoms with Crippen LogP contribution in [-0.2, 0) is 21.5 Å². The van der Waals surface area contributed by atoms with Crippen molar-refractivity contribution in [1.82, 2.24) is 20.1 Å². The van der Waals surface area contributed by atoms with Gasteiger partial charge in [-0.05, 0) is 80.8 Å². The van der Waals surface area contributed by atoms with E-state index in [1.807, 2.05) is 45.4 Å². The largest absolute Gasteiger partial charge is 0.460 e. The van der Waals surface area contributed by atoms with Crippen molar-refractivity contribution < 1.29 is 18.7 Å². The van der Waals surface area contributed by atoms with Gasteiger partial charge in [-0.15, -0.1) is 0 Å². The molecule has 2 aromatic rings. The highest BCUT2D eigenvalue weighted by atomic mass is 19.1. The molecule has 0 aliphatic carbocycles. The van der Waals surface area contributed by atoms with E-state index in [1.54, 1.807) is 13.8 Å². The number of halogens is 1. The van der Waals surface area contributed by atoms with Crippen LogP contribution < -0.4 is 10.6 Å². The fourth-order valence-corrected chi connectivity index (χ4v) is 5.04. The van der Waals surface area contributed by atoms with Crippen molar-refractivity contribution in [2.75, 3.05) is 11.9 Å². The van der Waals surface area contributed by atoms with Gasteiger partial charge in [0.1, 0.15) is 11.4 Å². The molecule has 1 unspecified atom stereocenters. The number of anilines is 2. The molecule has 1 fully saturated rings. The molecule has 2 atom stereocenters. The number of pyridine rings is 1. The summed E-state index contributed by atoms with van der Waals surface area (Å²) in [6.45, 7) is 19.7. The molecule has 1 saturated heterocycles. The van der Waals surface area contributed by atoms with Crippen LogP contribution in [0.3, 0.4) is 0 Å². The number of piperidine rings is 1. The summed E-state index contributed by atoms with van der Waals surface area (Å²) in [7, 11) is 0. The molecule has 38 heavy (non-hydrogen) atoms. The van der Waals surface area contributed by atoms with E-state index < -0.39 is 22.8 Å². The first-order valence-electron chi connectivity index (χ1n) is 13.5. The van der Waals surface area contributed by atoms with Gasteiger partial charge in [-0.3, -0.25) is 14.3 Å². The summed E-state index contributed by atoms with van der Waals surface area (Å²) in [5.41, 5.74) is -0.890. The standard InChI is InChI=1S/C29H44FN5O3/c1-17(2)25(36)20-14-22(33-23-13-19(4)35(34-23)27(5,6)7)32-21(24(20)30)16-29(11-12-31-18(3)15-29)26(37)38-28(8,9)10/h13-14,17-18,31H,11-12,15-16H2,1-10H3,(H,32,33,34)/t18-,29?/m1/s1. The van der Waals surface area contributed by atoms with Crippen LogP contribution in [0.1, 0.15) is 96.9 Å². The molecule has 8 nitrogen and oxygen atoms in total. The topological polar surface area (TPSA) is 98.1 Å². The molecule has 0 bridgehead atoms. The SMILES string of the molecule is Cc1cc(Nc2cc(C(=O)C(C)C)c(F)c(CC3(C(=O)OC(C)(C)C)CCN[C@H](C)C3)n2)nn1C(C)(C)C. The maximum atomic E-state index is 16.0. The van der Waals surface area contributed by atoms with Gasteiger partial charge in [0.05, 0.1) is 22.2 Å². The lowest BCUT2D eigenvalue weighted by molar-refractivity contribution is -0.170. The molecular weight excluding hydrogens is 485 g/mol. The predicted molar refractivity (Wildman–Crippen MR) is 147 cm³/mol. The molecule has 3 rings (SSSR count). The van der Waals surface area contributed by atoms with Crippen LogP contribution in [0.2, 0.25) is 0 Å². The zero-order valence-electron chi connectivity index (χ0n) is 24.6. The fraction of sp³-hybridized carbons (Fsp3) is 0.655. The van der Waals surface area contributed by atoms with Crippen molar-refractivity contribution in [3.8, 4) is 0 Å². The molecule has 0 amide bonds. The molecule has 0 saturated carbocycles. The Morgan fingerprint density at radius 1 is 1.21 bits per heavy atom. The Labute approximate surface area is 226 Å². The zero-order chi connectivity index (χ0) is 28.6. The van der Waals surface area contributed by atoms with Crippen molar-refractivity contribution in [2.24, 2.45) is 11.3 Å². The van der Waals surface area contributed by atoms with Crippen LogP contribution in [0.15, 0.2) is 12.1 Å². The van der Waals surface area contributed by atoms with E-state index in [0.717, 1.165) is 5.69 Å². The number of rotatable bonds is 7. The Morgan fingerprint density at radius 3 is 2.39 bits per heavy atom. The predicted octanol–water partition coefficient (Wildman–Crippen LogP) is 5.71. The van der Waals surface area contributed by atoms with Crippen LogP contribution in [0, 0.1) is 24.1 Å². The first kappa shape index (κ1) is 29.7. The van der Waals surface area contributed by atoms with Gasteiger partial charge in [-0.1, -0.05) is 13.8 Å². The summed E-state index contributed by atoms with van der Waals surface area (Å²) in [4.78, 5) is 31.2.